The summed E-state index contributed by atoms with van der Waals surface area (Å²) in [5, 5.41) is 0.711. The normalized spacial score (nSPS) is 37.9. The molecule has 1 aliphatic rings. The molecule has 1 saturated heterocycles. The van der Waals surface area contributed by atoms with Crippen LogP contribution in [0, 0.1) is 0 Å². The molecule has 1 aliphatic heterocycles. The molecule has 1 heterocycles. The Bertz CT molecular complexity index is 162. The van der Waals surface area contributed by atoms with Gasteiger partial charge in [0.1, 0.15) is 0 Å². The summed E-state index contributed by atoms with van der Waals surface area (Å²) < 4.78 is 0. The van der Waals surface area contributed by atoms with E-state index in [2.05, 4.69) is 47.0 Å². The van der Waals surface area contributed by atoms with Crippen molar-refractivity contribution in [3.63, 3.8) is 0 Å². The van der Waals surface area contributed by atoms with Crippen molar-refractivity contribution in [3.05, 3.63) is 0 Å². The molecule has 0 spiro atoms. The zero-order chi connectivity index (χ0) is 9.08. The van der Waals surface area contributed by atoms with Gasteiger partial charge in [-0.2, -0.15) is 0 Å². The van der Waals surface area contributed by atoms with Crippen molar-refractivity contribution < 1.29 is 0 Å². The molecule has 0 aromatic carbocycles. The van der Waals surface area contributed by atoms with E-state index in [1.54, 1.807) is 0 Å². The first kappa shape index (κ1) is 9.52. The molecular formula is C9H22Si2. The molecule has 0 bridgehead atoms. The van der Waals surface area contributed by atoms with E-state index < -0.39 is 15.2 Å². The molecule has 0 N–H and O–H groups in total. The maximum absolute atomic E-state index is 2.60. The average Bonchev–Trinajstić information content (AvgIpc) is 1.84. The minimum atomic E-state index is -0.830. The summed E-state index contributed by atoms with van der Waals surface area (Å²) in [4.78, 5) is 0. The first-order valence-electron chi connectivity index (χ1n) is 4.65. The largest absolute Gasteiger partial charge is 0.0711 e. The maximum atomic E-state index is 2.60. The highest BCUT2D eigenvalue weighted by molar-refractivity contribution is 7.46. The van der Waals surface area contributed by atoms with Gasteiger partial charge in [-0.15, -0.1) is 0 Å². The molecule has 0 aliphatic carbocycles. The van der Waals surface area contributed by atoms with E-state index in [9.17, 15) is 0 Å². The van der Waals surface area contributed by atoms with Crippen LogP contribution in [0.1, 0.15) is 20.8 Å². The summed E-state index contributed by atoms with van der Waals surface area (Å²) in [5.41, 5.74) is 1.04. The summed E-state index contributed by atoms with van der Waals surface area (Å²) in [6, 6.07) is 0. The van der Waals surface area contributed by atoms with Gasteiger partial charge in [0.15, 0.2) is 0 Å². The summed E-state index contributed by atoms with van der Waals surface area (Å²) >= 11 is 0. The molecule has 0 saturated carbocycles. The summed E-state index contributed by atoms with van der Waals surface area (Å²) in [5.74, 6) is 0. The lowest BCUT2D eigenvalue weighted by atomic mass is 10.1. The van der Waals surface area contributed by atoms with Crippen molar-refractivity contribution >= 4 is 15.2 Å². The van der Waals surface area contributed by atoms with Crippen LogP contribution < -0.4 is 0 Å². The van der Waals surface area contributed by atoms with Crippen LogP contribution in [0.25, 0.3) is 0 Å². The zero-order valence-electron chi connectivity index (χ0n) is 9.08. The Kier molecular flexibility index (Phi) is 1.75. The van der Waals surface area contributed by atoms with E-state index in [1.807, 2.05) is 0 Å². The number of rotatable bonds is 0. The molecule has 0 nitrogen and oxygen atoms in total. The molecule has 0 radical (unpaired) electrons. The van der Waals surface area contributed by atoms with Gasteiger partial charge in [-0.3, -0.25) is 0 Å². The summed E-state index contributed by atoms with van der Waals surface area (Å²) in [6.07, 6.45) is 0. The Morgan fingerprint density at radius 3 is 1.45 bits per heavy atom. The van der Waals surface area contributed by atoms with Gasteiger partial charge in [-0.25, -0.2) is 0 Å². The first-order valence-corrected chi connectivity index (χ1v) is 11.7. The molecule has 1 rings (SSSR count). The standard InChI is InChI=1S/C9H22Si2/c1-8-9(2,3)11(6,7)10(8,4)5/h8H,1-7H3. The number of hydrogen-bond acceptors (Lipinski definition) is 0. The lowest BCUT2D eigenvalue weighted by Gasteiger charge is -2.68. The highest BCUT2D eigenvalue weighted by atomic mass is 29.3. The van der Waals surface area contributed by atoms with Gasteiger partial charge in [0.2, 0.25) is 0 Å². The molecule has 11 heavy (non-hydrogen) atoms. The van der Waals surface area contributed by atoms with Crippen molar-refractivity contribution in [3.8, 4) is 0 Å². The Labute approximate surface area is 73.2 Å². The second-order valence-corrected chi connectivity index (χ2v) is 22.3. The highest BCUT2D eigenvalue weighted by Crippen LogP contribution is 2.66. The number of hydrogen-bond donors (Lipinski definition) is 0. The van der Waals surface area contributed by atoms with Gasteiger partial charge in [0, 0.05) is 15.2 Å². The molecule has 0 aromatic rings. The van der Waals surface area contributed by atoms with Gasteiger partial charge < -0.3 is 0 Å². The molecule has 66 valence electrons. The fraction of sp³-hybridized carbons (Fsp3) is 1.00. The van der Waals surface area contributed by atoms with E-state index >= 15 is 0 Å². The third kappa shape index (κ3) is 0.801. The van der Waals surface area contributed by atoms with Gasteiger partial charge in [-0.1, -0.05) is 47.0 Å². The van der Waals surface area contributed by atoms with Gasteiger partial charge in [0.25, 0.3) is 0 Å². The second kappa shape index (κ2) is 2.02. The molecule has 2 heteroatoms. The smallest absolute Gasteiger partial charge is 0.0470 e. The Hall–Kier alpha value is 0.434. The minimum absolute atomic E-state index is 0.711. The van der Waals surface area contributed by atoms with Gasteiger partial charge >= 0.3 is 0 Å². The van der Waals surface area contributed by atoms with E-state index in [0.29, 0.717) is 5.04 Å². The Morgan fingerprint density at radius 2 is 1.36 bits per heavy atom. The van der Waals surface area contributed by atoms with Crippen LogP contribution in [-0.2, 0) is 0 Å². The molecular weight excluding hydrogens is 164 g/mol. The lowest BCUT2D eigenvalue weighted by molar-refractivity contribution is 0.576. The van der Waals surface area contributed by atoms with E-state index in [1.165, 1.54) is 0 Å². The third-order valence-electron chi connectivity index (χ3n) is 5.39. The zero-order valence-corrected chi connectivity index (χ0v) is 11.1. The van der Waals surface area contributed by atoms with Crippen molar-refractivity contribution in [2.75, 3.05) is 0 Å². The van der Waals surface area contributed by atoms with E-state index in [0.717, 1.165) is 5.54 Å². The predicted molar refractivity (Wildman–Crippen MR) is 58.4 cm³/mol. The van der Waals surface area contributed by atoms with Crippen LogP contribution in [0.3, 0.4) is 0 Å². The molecule has 1 fully saturated rings. The summed E-state index contributed by atoms with van der Waals surface area (Å²) in [7, 11) is -1.61. The Balaban J connectivity index is 2.98. The van der Waals surface area contributed by atoms with Gasteiger partial charge in [0.05, 0.1) is 0 Å². The van der Waals surface area contributed by atoms with Crippen LogP contribution >= 0.6 is 0 Å². The van der Waals surface area contributed by atoms with Crippen LogP contribution in [0.5, 0.6) is 0 Å². The minimum Gasteiger partial charge on any atom is -0.0711 e. The van der Waals surface area contributed by atoms with Crippen molar-refractivity contribution in [1.29, 1.82) is 0 Å². The Morgan fingerprint density at radius 1 is 1.00 bits per heavy atom. The fourth-order valence-electron chi connectivity index (χ4n) is 2.74. The topological polar surface area (TPSA) is 0 Å². The predicted octanol–water partition coefficient (Wildman–Crippen LogP) is 3.67. The third-order valence-corrected chi connectivity index (χ3v) is 28.3. The van der Waals surface area contributed by atoms with Gasteiger partial charge in [-0.05, 0) is 10.6 Å². The molecule has 0 amide bonds. The fourth-order valence-corrected chi connectivity index (χ4v) is 19.4. The lowest BCUT2D eigenvalue weighted by Crippen LogP contribution is -2.75. The average molecular weight is 186 g/mol. The van der Waals surface area contributed by atoms with Crippen LogP contribution in [0.15, 0.2) is 0 Å². The van der Waals surface area contributed by atoms with Crippen molar-refractivity contribution in [1.82, 2.24) is 0 Å². The summed E-state index contributed by atoms with van der Waals surface area (Å²) in [6.45, 7) is 17.8. The van der Waals surface area contributed by atoms with Crippen LogP contribution in [0.2, 0.25) is 36.8 Å². The monoisotopic (exact) mass is 186 g/mol. The first-order chi connectivity index (χ1) is 4.65. The van der Waals surface area contributed by atoms with Crippen molar-refractivity contribution in [2.45, 2.75) is 57.5 Å². The molecule has 1 unspecified atom stereocenters. The van der Waals surface area contributed by atoms with Crippen LogP contribution in [-0.4, -0.2) is 15.2 Å². The molecule has 0 aromatic heterocycles. The quantitative estimate of drug-likeness (QED) is 0.507. The molecule has 1 atom stereocenters. The SMILES string of the molecule is CC1C(C)(C)[Si](C)(C)[Si]1(C)C. The van der Waals surface area contributed by atoms with E-state index in [4.69, 9.17) is 0 Å². The van der Waals surface area contributed by atoms with Crippen LogP contribution in [0.4, 0.5) is 0 Å². The highest BCUT2D eigenvalue weighted by Gasteiger charge is 2.66. The second-order valence-electron chi connectivity index (χ2n) is 5.79. The van der Waals surface area contributed by atoms with E-state index in [-0.39, 0.29) is 0 Å². The van der Waals surface area contributed by atoms with Crippen molar-refractivity contribution in [2.24, 2.45) is 0 Å². The maximum Gasteiger partial charge on any atom is 0.0470 e.